The van der Waals surface area contributed by atoms with Crippen molar-refractivity contribution in [2.45, 2.75) is 137 Å². The number of nitrogens with one attached hydrogen (secondary N) is 2. The van der Waals surface area contributed by atoms with Crippen molar-refractivity contribution in [2.75, 3.05) is 6.54 Å². The Morgan fingerprint density at radius 1 is 0.792 bits per heavy atom. The van der Waals surface area contributed by atoms with Gasteiger partial charge in [0.1, 0.15) is 29.3 Å². The highest BCUT2D eigenvalue weighted by atomic mass is 16.6. The van der Waals surface area contributed by atoms with Crippen LogP contribution >= 0.6 is 0 Å². The maximum absolute atomic E-state index is 14.6. The number of amides is 3. The number of hydrogen-bond acceptors (Lipinski definition) is 6. The van der Waals surface area contributed by atoms with E-state index in [0.717, 1.165) is 30.4 Å². The summed E-state index contributed by atoms with van der Waals surface area (Å²) in [6.45, 7) is 18.9. The van der Waals surface area contributed by atoms with Gasteiger partial charge >= 0.3 is 12.1 Å². The van der Waals surface area contributed by atoms with Crippen molar-refractivity contribution in [1.82, 2.24) is 15.5 Å². The van der Waals surface area contributed by atoms with Crippen molar-refractivity contribution in [1.29, 1.82) is 0 Å². The van der Waals surface area contributed by atoms with Crippen molar-refractivity contribution < 1.29 is 28.7 Å². The molecule has 2 aromatic rings. The van der Waals surface area contributed by atoms with Crippen LogP contribution in [0.2, 0.25) is 0 Å². The molecule has 266 valence electrons. The van der Waals surface area contributed by atoms with Crippen molar-refractivity contribution in [3.8, 4) is 0 Å². The van der Waals surface area contributed by atoms with Crippen LogP contribution in [0.25, 0.3) is 0 Å². The average molecular weight is 666 g/mol. The summed E-state index contributed by atoms with van der Waals surface area (Å²) in [5, 5.41) is 5.78. The van der Waals surface area contributed by atoms with Crippen LogP contribution in [-0.4, -0.2) is 58.6 Å². The standard InChI is InChI=1S/C39H59N3O6/c1-11-12-13-17-23-42(35(44)31(24-27(2)3)41-37(46)48-39(8,9)10)33(30-22-18-19-28(4)25-30)34(43)40-32(36(45)47-38(5,6)7)26-29-20-15-14-16-21-29/h14-16,18-22,25,27,31-33H,11-13,17,23-24,26H2,1-10H3,(H,40,43)(H,41,46). The first kappa shape index (κ1) is 40.3. The van der Waals surface area contributed by atoms with E-state index in [1.54, 1.807) is 46.4 Å². The van der Waals surface area contributed by atoms with Crippen molar-refractivity contribution in [3.63, 3.8) is 0 Å². The summed E-state index contributed by atoms with van der Waals surface area (Å²) in [6.07, 6.45) is 3.37. The maximum Gasteiger partial charge on any atom is 0.408 e. The van der Waals surface area contributed by atoms with Crippen molar-refractivity contribution in [2.24, 2.45) is 5.92 Å². The fraction of sp³-hybridized carbons (Fsp3) is 0.590. The fourth-order valence-corrected chi connectivity index (χ4v) is 5.40. The molecule has 0 aliphatic heterocycles. The van der Waals surface area contributed by atoms with Gasteiger partial charge in [0.25, 0.3) is 0 Å². The van der Waals surface area contributed by atoms with E-state index in [2.05, 4.69) is 17.6 Å². The van der Waals surface area contributed by atoms with Gasteiger partial charge in [0.05, 0.1) is 0 Å². The van der Waals surface area contributed by atoms with Gasteiger partial charge in [0, 0.05) is 13.0 Å². The van der Waals surface area contributed by atoms with Crippen LogP contribution in [0.4, 0.5) is 4.79 Å². The third-order valence-corrected chi connectivity index (χ3v) is 7.44. The third-order valence-electron chi connectivity index (χ3n) is 7.44. The van der Waals surface area contributed by atoms with E-state index < -0.39 is 47.3 Å². The van der Waals surface area contributed by atoms with Crippen LogP contribution in [0.3, 0.4) is 0 Å². The van der Waals surface area contributed by atoms with Gasteiger partial charge in [-0.2, -0.15) is 0 Å². The highest BCUT2D eigenvalue weighted by molar-refractivity contribution is 5.94. The highest BCUT2D eigenvalue weighted by Crippen LogP contribution is 2.26. The average Bonchev–Trinajstić information content (AvgIpc) is 2.96. The molecule has 0 aliphatic carbocycles. The van der Waals surface area contributed by atoms with Crippen LogP contribution < -0.4 is 10.6 Å². The third kappa shape index (κ3) is 14.5. The molecule has 2 aromatic carbocycles. The number of nitrogens with zero attached hydrogens (tertiary/aromatic N) is 1. The lowest BCUT2D eigenvalue weighted by atomic mass is 9.97. The van der Waals surface area contributed by atoms with E-state index in [1.165, 1.54) is 0 Å². The summed E-state index contributed by atoms with van der Waals surface area (Å²) < 4.78 is 11.3. The van der Waals surface area contributed by atoms with Crippen molar-refractivity contribution >= 4 is 23.9 Å². The van der Waals surface area contributed by atoms with Gasteiger partial charge in [-0.15, -0.1) is 0 Å². The molecule has 3 atom stereocenters. The highest BCUT2D eigenvalue weighted by Gasteiger charge is 2.38. The van der Waals surface area contributed by atoms with Gasteiger partial charge in [0.15, 0.2) is 0 Å². The SMILES string of the molecule is CCCCCCN(C(=O)C(CC(C)C)NC(=O)OC(C)(C)C)C(C(=O)NC(Cc1ccccc1)C(=O)OC(C)(C)C)c1cccc(C)c1. The summed E-state index contributed by atoms with van der Waals surface area (Å²) in [6, 6.07) is 13.9. The van der Waals surface area contributed by atoms with E-state index in [9.17, 15) is 19.2 Å². The molecule has 0 heterocycles. The smallest absolute Gasteiger partial charge is 0.408 e. The molecule has 0 fully saturated rings. The van der Waals surface area contributed by atoms with Gasteiger partial charge in [-0.05, 0) is 78.4 Å². The summed E-state index contributed by atoms with van der Waals surface area (Å²) >= 11 is 0. The van der Waals surface area contributed by atoms with E-state index in [0.29, 0.717) is 18.4 Å². The largest absolute Gasteiger partial charge is 0.458 e. The number of carbonyl (C=O) groups excluding carboxylic acids is 4. The molecule has 3 unspecified atom stereocenters. The second-order valence-electron chi connectivity index (χ2n) is 15.0. The first-order valence-electron chi connectivity index (χ1n) is 17.3. The lowest BCUT2D eigenvalue weighted by molar-refractivity contribution is -0.159. The number of rotatable bonds is 16. The zero-order valence-corrected chi connectivity index (χ0v) is 30.9. The minimum absolute atomic E-state index is 0.0597. The second kappa shape index (κ2) is 18.6. The van der Waals surface area contributed by atoms with E-state index >= 15 is 0 Å². The van der Waals surface area contributed by atoms with Gasteiger partial charge in [-0.25, -0.2) is 9.59 Å². The van der Waals surface area contributed by atoms with Crippen LogP contribution in [0.5, 0.6) is 0 Å². The Morgan fingerprint density at radius 3 is 2.00 bits per heavy atom. The monoisotopic (exact) mass is 665 g/mol. The Balaban J connectivity index is 2.63. The molecule has 9 nitrogen and oxygen atoms in total. The molecule has 9 heteroatoms. The molecule has 0 bridgehead atoms. The summed E-state index contributed by atoms with van der Waals surface area (Å²) in [5.74, 6) is -1.39. The Hall–Kier alpha value is -3.88. The lowest BCUT2D eigenvalue weighted by Gasteiger charge is -2.36. The Kier molecular flexibility index (Phi) is 15.6. The number of carbonyl (C=O) groups is 4. The summed E-state index contributed by atoms with van der Waals surface area (Å²) in [5.41, 5.74) is 0.855. The van der Waals surface area contributed by atoms with Gasteiger partial charge in [-0.1, -0.05) is 100 Å². The molecule has 48 heavy (non-hydrogen) atoms. The van der Waals surface area contributed by atoms with Gasteiger partial charge < -0.3 is 25.0 Å². The number of esters is 1. The summed E-state index contributed by atoms with van der Waals surface area (Å²) in [4.78, 5) is 57.3. The lowest BCUT2D eigenvalue weighted by Crippen LogP contribution is -2.55. The number of aryl methyl sites for hydroxylation is 1. The molecular formula is C39H59N3O6. The molecule has 0 saturated heterocycles. The summed E-state index contributed by atoms with van der Waals surface area (Å²) in [7, 11) is 0. The number of ether oxygens (including phenoxy) is 2. The van der Waals surface area contributed by atoms with Gasteiger partial charge in [0.2, 0.25) is 11.8 Å². The Labute approximate surface area is 288 Å². The molecule has 2 rings (SSSR count). The van der Waals surface area contributed by atoms with E-state index in [-0.39, 0.29) is 24.8 Å². The Morgan fingerprint density at radius 2 is 1.44 bits per heavy atom. The predicted octanol–water partition coefficient (Wildman–Crippen LogP) is 7.45. The second-order valence-corrected chi connectivity index (χ2v) is 15.0. The number of alkyl carbamates (subject to hydrolysis) is 1. The number of benzene rings is 2. The van der Waals surface area contributed by atoms with Crippen LogP contribution in [0.1, 0.15) is 117 Å². The fourth-order valence-electron chi connectivity index (χ4n) is 5.40. The molecule has 0 spiro atoms. The van der Waals surface area contributed by atoms with Gasteiger partial charge in [-0.3, -0.25) is 9.59 Å². The quantitative estimate of drug-likeness (QED) is 0.142. The van der Waals surface area contributed by atoms with Crippen molar-refractivity contribution in [3.05, 3.63) is 71.3 Å². The first-order valence-corrected chi connectivity index (χ1v) is 17.3. The maximum atomic E-state index is 14.6. The van der Waals surface area contributed by atoms with E-state index in [4.69, 9.17) is 9.47 Å². The number of hydrogen-bond donors (Lipinski definition) is 2. The van der Waals surface area contributed by atoms with Crippen LogP contribution in [-0.2, 0) is 30.3 Å². The molecule has 0 aliphatic rings. The molecule has 2 N–H and O–H groups in total. The normalized spacial score (nSPS) is 13.6. The molecular weight excluding hydrogens is 606 g/mol. The van der Waals surface area contributed by atoms with Crippen LogP contribution in [0, 0.1) is 12.8 Å². The predicted molar refractivity (Wildman–Crippen MR) is 190 cm³/mol. The minimum Gasteiger partial charge on any atom is -0.458 e. The molecule has 0 aromatic heterocycles. The topological polar surface area (TPSA) is 114 Å². The minimum atomic E-state index is -1.07. The zero-order chi connectivity index (χ0) is 36.1. The molecule has 3 amide bonds. The first-order chi connectivity index (χ1) is 22.4. The molecule has 0 saturated carbocycles. The molecule has 0 radical (unpaired) electrons. The zero-order valence-electron chi connectivity index (χ0n) is 30.9. The Bertz CT molecular complexity index is 1330. The van der Waals surface area contributed by atoms with Crippen LogP contribution in [0.15, 0.2) is 54.6 Å². The number of unbranched alkanes of at least 4 members (excludes halogenated alkanes) is 3. The van der Waals surface area contributed by atoms with E-state index in [1.807, 2.05) is 75.4 Å².